The van der Waals surface area contributed by atoms with Gasteiger partial charge < -0.3 is 24.6 Å². The van der Waals surface area contributed by atoms with E-state index in [9.17, 15) is 9.59 Å². The second-order valence-electron chi connectivity index (χ2n) is 5.44. The topological polar surface area (TPSA) is 106 Å². The van der Waals surface area contributed by atoms with E-state index in [4.69, 9.17) is 54.7 Å². The minimum atomic E-state index is -1.23. The molecule has 0 aliphatic rings. The molecule has 0 spiro atoms. The lowest BCUT2D eigenvalue weighted by Crippen LogP contribution is -2.34. The smallest absolute Gasteiger partial charge is 0.337 e. The van der Waals surface area contributed by atoms with Crippen molar-refractivity contribution < 1.29 is 28.9 Å². The third-order valence-corrected chi connectivity index (χ3v) is 4.52. The first kappa shape index (κ1) is 22.5. The van der Waals surface area contributed by atoms with Gasteiger partial charge in [-0.25, -0.2) is 4.79 Å². The molecule has 0 fully saturated rings. The summed E-state index contributed by atoms with van der Waals surface area (Å²) in [5.74, 6) is -0.876. The molecule has 0 unspecified atom stereocenters. The lowest BCUT2D eigenvalue weighted by Gasteiger charge is -2.15. The van der Waals surface area contributed by atoms with Crippen LogP contribution in [0.15, 0.2) is 24.3 Å². The summed E-state index contributed by atoms with van der Waals surface area (Å²) in [7, 11) is 4.29. The Hall–Kier alpha value is -2.75. The van der Waals surface area contributed by atoms with Gasteiger partial charge in [-0.2, -0.15) is 0 Å². The highest BCUT2D eigenvalue weighted by Crippen LogP contribution is 2.38. The summed E-state index contributed by atoms with van der Waals surface area (Å²) in [6, 6.07) is 5.39. The first-order chi connectivity index (χ1) is 13.7. The van der Waals surface area contributed by atoms with Crippen molar-refractivity contribution in [3.8, 4) is 17.2 Å². The number of carboxylic acid groups (broad SMARTS) is 1. The zero-order valence-corrected chi connectivity index (χ0v) is 17.8. The molecule has 29 heavy (non-hydrogen) atoms. The molecule has 0 bridgehead atoms. The van der Waals surface area contributed by atoms with Crippen molar-refractivity contribution in [1.29, 1.82) is 0 Å². The molecule has 0 aliphatic carbocycles. The standard InChI is InChI=1S/C18H16Cl2N2O6S/c1-26-13-4-8(5-14(27-2)15(13)28-3)16(23)22-18(29)21-12-6-9(17(24)25)10(19)7-11(12)20/h4-7H,1-3H3,(H,24,25)(H2,21,22,23,29). The van der Waals surface area contributed by atoms with Crippen LogP contribution in [-0.2, 0) is 0 Å². The number of anilines is 1. The highest BCUT2D eigenvalue weighted by atomic mass is 35.5. The van der Waals surface area contributed by atoms with Gasteiger partial charge in [-0.15, -0.1) is 0 Å². The Morgan fingerprint density at radius 3 is 2.03 bits per heavy atom. The Kier molecular flexibility index (Phi) is 7.49. The van der Waals surface area contributed by atoms with Crippen LogP contribution >= 0.6 is 35.4 Å². The van der Waals surface area contributed by atoms with Crippen LogP contribution < -0.4 is 24.8 Å². The molecule has 0 radical (unpaired) electrons. The maximum atomic E-state index is 12.6. The maximum Gasteiger partial charge on any atom is 0.337 e. The number of methoxy groups -OCH3 is 3. The quantitative estimate of drug-likeness (QED) is 0.560. The number of amides is 1. The summed E-state index contributed by atoms with van der Waals surface area (Å²) < 4.78 is 15.6. The Balaban J connectivity index is 2.23. The molecule has 0 atom stereocenters. The molecule has 1 amide bonds. The predicted molar refractivity (Wildman–Crippen MR) is 113 cm³/mol. The maximum absolute atomic E-state index is 12.6. The number of carbonyl (C=O) groups excluding carboxylic acids is 1. The van der Waals surface area contributed by atoms with Gasteiger partial charge in [-0.1, -0.05) is 23.2 Å². The van der Waals surface area contributed by atoms with Crippen molar-refractivity contribution in [3.05, 3.63) is 45.4 Å². The van der Waals surface area contributed by atoms with Crippen molar-refractivity contribution in [2.75, 3.05) is 26.6 Å². The molecule has 0 saturated heterocycles. The van der Waals surface area contributed by atoms with E-state index >= 15 is 0 Å². The van der Waals surface area contributed by atoms with Crippen LogP contribution in [-0.4, -0.2) is 43.4 Å². The first-order valence-corrected chi connectivity index (χ1v) is 9.02. The van der Waals surface area contributed by atoms with E-state index in [1.807, 2.05) is 0 Å². The van der Waals surface area contributed by atoms with Crippen LogP contribution in [0, 0.1) is 0 Å². The normalized spacial score (nSPS) is 10.1. The number of aromatic carboxylic acids is 1. The Morgan fingerprint density at radius 1 is 0.966 bits per heavy atom. The lowest BCUT2D eigenvalue weighted by atomic mass is 10.1. The van der Waals surface area contributed by atoms with Gasteiger partial charge in [0.05, 0.1) is 42.6 Å². The van der Waals surface area contributed by atoms with Crippen LogP contribution in [0.25, 0.3) is 0 Å². The summed E-state index contributed by atoms with van der Waals surface area (Å²) in [6.45, 7) is 0. The van der Waals surface area contributed by atoms with Crippen LogP contribution in [0.5, 0.6) is 17.2 Å². The van der Waals surface area contributed by atoms with E-state index in [0.717, 1.165) is 0 Å². The summed E-state index contributed by atoms with van der Waals surface area (Å²) in [6.07, 6.45) is 0. The number of hydrogen-bond acceptors (Lipinski definition) is 6. The monoisotopic (exact) mass is 458 g/mol. The average molecular weight is 459 g/mol. The number of benzene rings is 2. The van der Waals surface area contributed by atoms with Crippen LogP contribution in [0.3, 0.4) is 0 Å². The van der Waals surface area contributed by atoms with E-state index in [-0.39, 0.29) is 32.0 Å². The Morgan fingerprint density at radius 2 is 1.55 bits per heavy atom. The molecule has 3 N–H and O–H groups in total. The van der Waals surface area contributed by atoms with Crippen molar-refractivity contribution >= 4 is 58.1 Å². The second kappa shape index (κ2) is 9.64. The highest BCUT2D eigenvalue weighted by molar-refractivity contribution is 7.80. The van der Waals surface area contributed by atoms with Gasteiger partial charge in [0, 0.05) is 5.56 Å². The van der Waals surface area contributed by atoms with Crippen molar-refractivity contribution in [1.82, 2.24) is 5.32 Å². The second-order valence-corrected chi connectivity index (χ2v) is 6.66. The SMILES string of the molecule is COc1cc(C(=O)NC(=S)Nc2cc(C(=O)O)c(Cl)cc2Cl)cc(OC)c1OC. The molecule has 154 valence electrons. The number of nitrogens with one attached hydrogen (secondary N) is 2. The van der Waals surface area contributed by atoms with E-state index in [0.29, 0.717) is 17.2 Å². The number of halogens is 2. The van der Waals surface area contributed by atoms with E-state index in [2.05, 4.69) is 10.6 Å². The third kappa shape index (κ3) is 5.20. The molecule has 8 nitrogen and oxygen atoms in total. The molecule has 2 aromatic rings. The van der Waals surface area contributed by atoms with Gasteiger partial charge in [-0.3, -0.25) is 10.1 Å². The van der Waals surface area contributed by atoms with Crippen molar-refractivity contribution in [2.45, 2.75) is 0 Å². The fourth-order valence-corrected chi connectivity index (χ4v) is 3.06. The molecule has 2 rings (SSSR count). The number of ether oxygens (including phenoxy) is 3. The first-order valence-electron chi connectivity index (χ1n) is 7.86. The van der Waals surface area contributed by atoms with Gasteiger partial charge in [0.25, 0.3) is 5.91 Å². The van der Waals surface area contributed by atoms with Gasteiger partial charge in [0.2, 0.25) is 5.75 Å². The number of carboxylic acids is 1. The fourth-order valence-electron chi connectivity index (χ4n) is 2.35. The summed E-state index contributed by atoms with van der Waals surface area (Å²) in [5.41, 5.74) is 0.193. The zero-order chi connectivity index (χ0) is 21.7. The molecule has 0 aromatic heterocycles. The minimum absolute atomic E-state index is 0.0274. The van der Waals surface area contributed by atoms with E-state index in [1.54, 1.807) is 0 Å². The predicted octanol–water partition coefficient (Wildman–Crippen LogP) is 3.84. The summed E-state index contributed by atoms with van der Waals surface area (Å²) >= 11 is 17.0. The average Bonchev–Trinajstić information content (AvgIpc) is 2.68. The Bertz CT molecular complexity index is 958. The molecule has 0 heterocycles. The molecule has 0 saturated carbocycles. The van der Waals surface area contributed by atoms with Crippen LogP contribution in [0.1, 0.15) is 20.7 Å². The highest BCUT2D eigenvalue weighted by Gasteiger charge is 2.19. The largest absolute Gasteiger partial charge is 0.493 e. The fraction of sp³-hybridized carbons (Fsp3) is 0.167. The number of thiocarbonyl (C=S) groups is 1. The van der Waals surface area contributed by atoms with Gasteiger partial charge in [-0.05, 0) is 36.5 Å². The van der Waals surface area contributed by atoms with Gasteiger partial charge >= 0.3 is 5.97 Å². The number of rotatable bonds is 6. The van der Waals surface area contributed by atoms with Crippen LogP contribution in [0.4, 0.5) is 5.69 Å². The summed E-state index contributed by atoms with van der Waals surface area (Å²) in [5, 5.41) is 14.3. The van der Waals surface area contributed by atoms with Crippen molar-refractivity contribution in [3.63, 3.8) is 0 Å². The molecule has 0 aliphatic heterocycles. The van der Waals surface area contributed by atoms with E-state index in [1.165, 1.54) is 45.6 Å². The van der Waals surface area contributed by atoms with Gasteiger partial charge in [0.1, 0.15) is 0 Å². The molecule has 2 aromatic carbocycles. The minimum Gasteiger partial charge on any atom is -0.493 e. The molecular weight excluding hydrogens is 443 g/mol. The molecular formula is C18H16Cl2N2O6S. The summed E-state index contributed by atoms with van der Waals surface area (Å²) in [4.78, 5) is 23.8. The van der Waals surface area contributed by atoms with E-state index < -0.39 is 11.9 Å². The number of hydrogen-bond donors (Lipinski definition) is 3. The van der Waals surface area contributed by atoms with Gasteiger partial charge in [0.15, 0.2) is 16.6 Å². The zero-order valence-electron chi connectivity index (χ0n) is 15.5. The lowest BCUT2D eigenvalue weighted by molar-refractivity contribution is 0.0697. The third-order valence-electron chi connectivity index (χ3n) is 3.69. The van der Waals surface area contributed by atoms with Crippen molar-refractivity contribution in [2.24, 2.45) is 0 Å². The Labute approximate surface area is 181 Å². The van der Waals surface area contributed by atoms with Crippen LogP contribution in [0.2, 0.25) is 10.0 Å². The molecule has 11 heteroatoms. The number of carbonyl (C=O) groups is 2.